The molecule has 0 saturated carbocycles. The number of thioether (sulfide) groups is 1. The Morgan fingerprint density at radius 3 is 2.07 bits per heavy atom. The van der Waals surface area contributed by atoms with E-state index in [0.29, 0.717) is 28.3 Å². The van der Waals surface area contributed by atoms with Gasteiger partial charge in [0.05, 0.1) is 5.75 Å². The molecule has 45 heavy (non-hydrogen) atoms. The molecule has 9 heteroatoms. The van der Waals surface area contributed by atoms with E-state index in [1.807, 2.05) is 36.4 Å². The van der Waals surface area contributed by atoms with Crippen LogP contribution in [0.4, 0.5) is 15.8 Å². The molecule has 5 aromatic rings. The predicted octanol–water partition coefficient (Wildman–Crippen LogP) is 7.76. The molecule has 5 aromatic carbocycles. The van der Waals surface area contributed by atoms with E-state index >= 15 is 0 Å². The van der Waals surface area contributed by atoms with Crippen LogP contribution in [0.3, 0.4) is 0 Å². The molecule has 0 aliphatic heterocycles. The number of amides is 3. The number of anilines is 2. The quantitative estimate of drug-likeness (QED) is 0.104. The van der Waals surface area contributed by atoms with Crippen molar-refractivity contribution in [2.75, 3.05) is 16.4 Å². The summed E-state index contributed by atoms with van der Waals surface area (Å²) in [5.74, 6) is -0.122. The van der Waals surface area contributed by atoms with E-state index in [1.54, 1.807) is 72.8 Å². The first-order valence-electron chi connectivity index (χ1n) is 13.9. The number of hydrogen-bond donors (Lipinski definition) is 3. The number of carbonyl (C=O) groups excluding carboxylic acids is 3. The molecule has 3 N–H and O–H groups in total. The highest BCUT2D eigenvalue weighted by molar-refractivity contribution is 8.00. The third-order valence-electron chi connectivity index (χ3n) is 6.29. The molecule has 3 amide bonds. The largest absolute Gasteiger partial charge is 0.457 e. The van der Waals surface area contributed by atoms with E-state index < -0.39 is 17.6 Å². The number of para-hydroxylation sites is 1. The van der Waals surface area contributed by atoms with Gasteiger partial charge in [-0.2, -0.15) is 0 Å². The van der Waals surface area contributed by atoms with E-state index in [0.717, 1.165) is 10.6 Å². The van der Waals surface area contributed by atoms with Crippen molar-refractivity contribution in [1.82, 2.24) is 5.32 Å². The molecule has 0 aliphatic rings. The maximum absolute atomic E-state index is 13.4. The molecule has 0 fully saturated rings. The Kier molecular flexibility index (Phi) is 10.4. The fourth-order valence-electron chi connectivity index (χ4n) is 4.11. The summed E-state index contributed by atoms with van der Waals surface area (Å²) in [5, 5.41) is 8.33. The van der Waals surface area contributed by atoms with Gasteiger partial charge in [-0.3, -0.25) is 14.4 Å². The molecule has 0 atom stereocenters. The molecule has 224 valence electrons. The van der Waals surface area contributed by atoms with Gasteiger partial charge in [0.25, 0.3) is 11.8 Å². The summed E-state index contributed by atoms with van der Waals surface area (Å²) >= 11 is 1.31. The molecule has 0 unspecified atom stereocenters. The van der Waals surface area contributed by atoms with Crippen LogP contribution in [0.25, 0.3) is 6.08 Å². The zero-order chi connectivity index (χ0) is 31.4. The molecule has 5 rings (SSSR count). The van der Waals surface area contributed by atoms with E-state index in [4.69, 9.17) is 4.74 Å². The van der Waals surface area contributed by atoms with Crippen LogP contribution in [-0.2, 0) is 9.59 Å². The molecule has 0 heterocycles. The first-order chi connectivity index (χ1) is 21.9. The van der Waals surface area contributed by atoms with Crippen LogP contribution in [0.5, 0.6) is 11.5 Å². The van der Waals surface area contributed by atoms with Crippen LogP contribution in [0.1, 0.15) is 15.9 Å². The summed E-state index contributed by atoms with van der Waals surface area (Å²) in [6.45, 7) is 0. The average molecular weight is 618 g/mol. The summed E-state index contributed by atoms with van der Waals surface area (Å²) < 4.78 is 19.2. The van der Waals surface area contributed by atoms with Gasteiger partial charge in [0.2, 0.25) is 5.91 Å². The van der Waals surface area contributed by atoms with Crippen molar-refractivity contribution in [3.05, 3.63) is 156 Å². The van der Waals surface area contributed by atoms with Crippen LogP contribution >= 0.6 is 11.8 Å². The summed E-state index contributed by atoms with van der Waals surface area (Å²) in [7, 11) is 0. The molecular weight excluding hydrogens is 589 g/mol. The van der Waals surface area contributed by atoms with Gasteiger partial charge in [-0.1, -0.05) is 54.6 Å². The number of carbonyl (C=O) groups is 3. The van der Waals surface area contributed by atoms with Gasteiger partial charge in [-0.25, -0.2) is 4.39 Å². The fourth-order valence-corrected chi connectivity index (χ4v) is 4.86. The third kappa shape index (κ3) is 9.41. The Morgan fingerprint density at radius 1 is 0.689 bits per heavy atom. The highest BCUT2D eigenvalue weighted by atomic mass is 32.2. The van der Waals surface area contributed by atoms with Crippen molar-refractivity contribution in [2.24, 2.45) is 0 Å². The Bertz CT molecular complexity index is 1800. The van der Waals surface area contributed by atoms with Crippen molar-refractivity contribution in [2.45, 2.75) is 4.90 Å². The molecule has 0 saturated heterocycles. The second-order valence-corrected chi connectivity index (χ2v) is 10.7. The van der Waals surface area contributed by atoms with Crippen LogP contribution < -0.4 is 20.7 Å². The van der Waals surface area contributed by atoms with E-state index in [9.17, 15) is 18.8 Å². The highest BCUT2D eigenvalue weighted by Gasteiger charge is 2.16. The summed E-state index contributed by atoms with van der Waals surface area (Å²) in [6.07, 6.45) is 1.47. The zero-order valence-electron chi connectivity index (χ0n) is 23.9. The number of nitrogens with one attached hydrogen (secondary N) is 3. The number of benzene rings is 5. The lowest BCUT2D eigenvalue weighted by Gasteiger charge is -2.12. The smallest absolute Gasteiger partial charge is 0.272 e. The molecule has 0 radical (unpaired) electrons. The van der Waals surface area contributed by atoms with Gasteiger partial charge in [-0.05, 0) is 90.5 Å². The second-order valence-electron chi connectivity index (χ2n) is 9.69. The third-order valence-corrected chi connectivity index (χ3v) is 7.28. The maximum atomic E-state index is 13.4. The Morgan fingerprint density at radius 2 is 1.36 bits per heavy atom. The summed E-state index contributed by atoms with van der Waals surface area (Å²) in [6, 6.07) is 37.6. The lowest BCUT2D eigenvalue weighted by molar-refractivity contribution is -0.114. The van der Waals surface area contributed by atoms with Gasteiger partial charge in [0.15, 0.2) is 0 Å². The highest BCUT2D eigenvalue weighted by Crippen LogP contribution is 2.25. The van der Waals surface area contributed by atoms with Gasteiger partial charge < -0.3 is 20.7 Å². The van der Waals surface area contributed by atoms with Crippen LogP contribution in [0.15, 0.2) is 144 Å². The second kappa shape index (κ2) is 15.2. The molecular formula is C36H28FN3O4S. The topological polar surface area (TPSA) is 96.5 Å². The van der Waals surface area contributed by atoms with Crippen LogP contribution in [0.2, 0.25) is 0 Å². The fraction of sp³-hybridized carbons (Fsp3) is 0.0278. The van der Waals surface area contributed by atoms with E-state index in [2.05, 4.69) is 16.0 Å². The first-order valence-corrected chi connectivity index (χ1v) is 14.9. The molecule has 0 aliphatic carbocycles. The summed E-state index contributed by atoms with van der Waals surface area (Å²) in [4.78, 5) is 39.5. The number of halogens is 1. The molecule has 0 aromatic heterocycles. The van der Waals surface area contributed by atoms with Gasteiger partial charge in [0, 0.05) is 21.8 Å². The van der Waals surface area contributed by atoms with Crippen molar-refractivity contribution >= 4 is 46.9 Å². The lowest BCUT2D eigenvalue weighted by atomic mass is 10.1. The van der Waals surface area contributed by atoms with Crippen molar-refractivity contribution in [3.8, 4) is 11.5 Å². The Balaban J connectivity index is 1.19. The number of ether oxygens (including phenoxy) is 1. The predicted molar refractivity (Wildman–Crippen MR) is 176 cm³/mol. The van der Waals surface area contributed by atoms with Crippen molar-refractivity contribution < 1.29 is 23.5 Å². The SMILES string of the molecule is O=C(CSc1cccc(NC(=O)/C(=C/c2ccc(F)cc2)NC(=O)c2ccccc2)c1)Nc1ccc(Oc2ccccc2)cc1. The molecule has 0 spiro atoms. The van der Waals surface area contributed by atoms with E-state index in [-0.39, 0.29) is 17.4 Å². The summed E-state index contributed by atoms with van der Waals surface area (Å²) in [5.41, 5.74) is 2.00. The minimum Gasteiger partial charge on any atom is -0.457 e. The minimum absolute atomic E-state index is 0.0203. The average Bonchev–Trinajstić information content (AvgIpc) is 3.06. The first kappa shape index (κ1) is 30.8. The maximum Gasteiger partial charge on any atom is 0.272 e. The Hall–Kier alpha value is -5.67. The normalized spacial score (nSPS) is 10.9. The monoisotopic (exact) mass is 617 g/mol. The molecule has 0 bridgehead atoms. The number of hydrogen-bond acceptors (Lipinski definition) is 5. The van der Waals surface area contributed by atoms with Crippen molar-refractivity contribution in [3.63, 3.8) is 0 Å². The minimum atomic E-state index is -0.566. The van der Waals surface area contributed by atoms with Gasteiger partial charge in [-0.15, -0.1) is 11.8 Å². The van der Waals surface area contributed by atoms with E-state index in [1.165, 1.54) is 42.1 Å². The standard InChI is InChI=1S/C36H28FN3O4S/c37-27-16-14-25(15-17-27)22-33(40-35(42)26-8-3-1-4-9-26)36(43)39-29-10-7-13-32(23-29)45-24-34(41)38-28-18-20-31(21-19-28)44-30-11-5-2-6-12-30/h1-23H,24H2,(H,38,41)(H,39,43)(H,40,42)/b33-22-. The number of rotatable bonds is 11. The van der Waals surface area contributed by atoms with Crippen molar-refractivity contribution in [1.29, 1.82) is 0 Å². The zero-order valence-corrected chi connectivity index (χ0v) is 24.7. The Labute approximate surface area is 264 Å². The molecule has 7 nitrogen and oxygen atoms in total. The van der Waals surface area contributed by atoms with Gasteiger partial charge >= 0.3 is 0 Å². The van der Waals surface area contributed by atoms with Gasteiger partial charge in [0.1, 0.15) is 23.0 Å². The van der Waals surface area contributed by atoms with Crippen LogP contribution in [-0.4, -0.2) is 23.5 Å². The lowest BCUT2D eigenvalue weighted by Crippen LogP contribution is -2.30. The van der Waals surface area contributed by atoms with Crippen LogP contribution in [0, 0.1) is 5.82 Å².